The van der Waals surface area contributed by atoms with Gasteiger partial charge in [-0.1, -0.05) is 31.2 Å². The molecule has 1 saturated heterocycles. The summed E-state index contributed by atoms with van der Waals surface area (Å²) >= 11 is 0. The molecule has 6 heteroatoms. The van der Waals surface area contributed by atoms with Gasteiger partial charge in [0.15, 0.2) is 0 Å². The van der Waals surface area contributed by atoms with E-state index in [-0.39, 0.29) is 24.5 Å². The van der Waals surface area contributed by atoms with Gasteiger partial charge < -0.3 is 14.4 Å². The van der Waals surface area contributed by atoms with Crippen molar-refractivity contribution < 1.29 is 19.1 Å². The largest absolute Gasteiger partial charge is 0.468 e. The Hall–Kier alpha value is -1.92. The Kier molecular flexibility index (Phi) is 5.71. The first kappa shape index (κ1) is 17.9. The Balaban J connectivity index is 1.72. The van der Waals surface area contributed by atoms with Crippen molar-refractivity contribution >= 4 is 11.9 Å². The van der Waals surface area contributed by atoms with Crippen molar-refractivity contribution in [1.29, 1.82) is 0 Å². The van der Waals surface area contributed by atoms with Gasteiger partial charge in [0.05, 0.1) is 26.4 Å². The number of ether oxygens (including phenoxy) is 2. The van der Waals surface area contributed by atoms with E-state index in [2.05, 4.69) is 13.0 Å². The minimum Gasteiger partial charge on any atom is -0.468 e. The van der Waals surface area contributed by atoms with Crippen LogP contribution in [0.15, 0.2) is 24.3 Å². The van der Waals surface area contributed by atoms with Crippen molar-refractivity contribution in [3.05, 3.63) is 35.4 Å². The number of carbonyl (C=O) groups is 2. The van der Waals surface area contributed by atoms with E-state index in [1.807, 2.05) is 28.0 Å². The molecule has 3 rings (SSSR count). The first-order chi connectivity index (χ1) is 12.1. The summed E-state index contributed by atoms with van der Waals surface area (Å²) in [5.74, 6) is -0.231. The molecule has 0 aromatic heterocycles. The monoisotopic (exact) mass is 346 g/mol. The number of amides is 1. The van der Waals surface area contributed by atoms with Gasteiger partial charge in [0.2, 0.25) is 5.91 Å². The van der Waals surface area contributed by atoms with E-state index >= 15 is 0 Å². The molecule has 25 heavy (non-hydrogen) atoms. The minimum absolute atomic E-state index is 0.0510. The number of hydrogen-bond acceptors (Lipinski definition) is 5. The van der Waals surface area contributed by atoms with E-state index in [0.29, 0.717) is 32.7 Å². The van der Waals surface area contributed by atoms with Crippen molar-refractivity contribution in [3.8, 4) is 0 Å². The molecule has 0 N–H and O–H groups in total. The van der Waals surface area contributed by atoms with Crippen molar-refractivity contribution in [3.63, 3.8) is 0 Å². The van der Waals surface area contributed by atoms with Gasteiger partial charge in [0, 0.05) is 19.6 Å². The van der Waals surface area contributed by atoms with Gasteiger partial charge in [-0.2, -0.15) is 0 Å². The van der Waals surface area contributed by atoms with Crippen LogP contribution in [0.5, 0.6) is 0 Å². The van der Waals surface area contributed by atoms with Crippen LogP contribution in [-0.2, 0) is 32.0 Å². The smallest absolute Gasteiger partial charge is 0.323 e. The highest BCUT2D eigenvalue weighted by Gasteiger charge is 2.34. The fourth-order valence-corrected chi connectivity index (χ4v) is 3.58. The lowest BCUT2D eigenvalue weighted by Gasteiger charge is -2.37. The zero-order chi connectivity index (χ0) is 17.8. The van der Waals surface area contributed by atoms with Crippen LogP contribution in [0.25, 0.3) is 0 Å². The third kappa shape index (κ3) is 4.02. The maximum absolute atomic E-state index is 12.8. The number of methoxy groups -OCH3 is 1. The molecule has 0 saturated carbocycles. The molecule has 1 aromatic carbocycles. The SMILES string of the molecule is CCC1CN(C(=O)CN2Cc3ccccc3CC2C(=O)OC)CCO1. The summed E-state index contributed by atoms with van der Waals surface area (Å²) in [5.41, 5.74) is 2.32. The lowest BCUT2D eigenvalue weighted by atomic mass is 9.94. The molecule has 136 valence electrons. The average Bonchev–Trinajstić information content (AvgIpc) is 2.66. The number of esters is 1. The van der Waals surface area contributed by atoms with Crippen molar-refractivity contribution in [2.75, 3.05) is 33.4 Å². The maximum Gasteiger partial charge on any atom is 0.323 e. The van der Waals surface area contributed by atoms with E-state index in [9.17, 15) is 9.59 Å². The molecule has 1 amide bonds. The highest BCUT2D eigenvalue weighted by molar-refractivity contribution is 5.81. The maximum atomic E-state index is 12.8. The standard InChI is InChI=1S/C19H26N2O4/c1-3-16-12-20(8-9-25-16)18(22)13-21-11-15-7-5-4-6-14(15)10-17(21)19(23)24-2/h4-7,16-17H,3,8-13H2,1-2H3. The molecule has 2 unspecified atom stereocenters. The number of fused-ring (bicyclic) bond motifs is 1. The van der Waals surface area contributed by atoms with Crippen LogP contribution in [0.1, 0.15) is 24.5 Å². The lowest BCUT2D eigenvalue weighted by molar-refractivity contribution is -0.150. The normalized spacial score (nSPS) is 23.8. The zero-order valence-electron chi connectivity index (χ0n) is 14.9. The molecule has 2 heterocycles. The molecule has 0 aliphatic carbocycles. The summed E-state index contributed by atoms with van der Waals surface area (Å²) in [6.07, 6.45) is 1.58. The van der Waals surface area contributed by atoms with Crippen molar-refractivity contribution in [1.82, 2.24) is 9.80 Å². The van der Waals surface area contributed by atoms with E-state index in [0.717, 1.165) is 12.0 Å². The molecule has 2 atom stereocenters. The van der Waals surface area contributed by atoms with E-state index < -0.39 is 6.04 Å². The number of morpholine rings is 1. The lowest BCUT2D eigenvalue weighted by Crippen LogP contribution is -2.53. The second-order valence-electron chi connectivity index (χ2n) is 6.66. The number of hydrogen-bond donors (Lipinski definition) is 0. The molecule has 6 nitrogen and oxygen atoms in total. The highest BCUT2D eigenvalue weighted by atomic mass is 16.5. The highest BCUT2D eigenvalue weighted by Crippen LogP contribution is 2.24. The minimum atomic E-state index is -0.410. The van der Waals surface area contributed by atoms with Gasteiger partial charge in [-0.15, -0.1) is 0 Å². The summed E-state index contributed by atoms with van der Waals surface area (Å²) in [6, 6.07) is 7.66. The molecular formula is C19H26N2O4. The first-order valence-corrected chi connectivity index (χ1v) is 8.90. The van der Waals surface area contributed by atoms with Crippen LogP contribution in [0.2, 0.25) is 0 Å². The molecule has 0 radical (unpaired) electrons. The van der Waals surface area contributed by atoms with Crippen LogP contribution in [0, 0.1) is 0 Å². The van der Waals surface area contributed by atoms with Gasteiger partial charge in [-0.05, 0) is 24.0 Å². The Morgan fingerprint density at radius 3 is 2.76 bits per heavy atom. The topological polar surface area (TPSA) is 59.1 Å². The van der Waals surface area contributed by atoms with Crippen LogP contribution in [-0.4, -0.2) is 67.2 Å². The summed E-state index contributed by atoms with van der Waals surface area (Å²) in [5, 5.41) is 0. The Morgan fingerprint density at radius 2 is 2.04 bits per heavy atom. The molecule has 2 aliphatic heterocycles. The summed E-state index contributed by atoms with van der Waals surface area (Å²) in [4.78, 5) is 28.8. The van der Waals surface area contributed by atoms with Crippen LogP contribution in [0.3, 0.4) is 0 Å². The average molecular weight is 346 g/mol. The quantitative estimate of drug-likeness (QED) is 0.768. The second kappa shape index (κ2) is 7.97. The Morgan fingerprint density at radius 1 is 1.28 bits per heavy atom. The molecule has 0 bridgehead atoms. The summed E-state index contributed by atoms with van der Waals surface area (Å²) in [6.45, 7) is 4.69. The van der Waals surface area contributed by atoms with Gasteiger partial charge >= 0.3 is 5.97 Å². The van der Waals surface area contributed by atoms with Gasteiger partial charge in [-0.25, -0.2) is 0 Å². The third-order valence-electron chi connectivity index (χ3n) is 5.10. The molecule has 2 aliphatic rings. The van der Waals surface area contributed by atoms with Gasteiger partial charge in [0.1, 0.15) is 6.04 Å². The van der Waals surface area contributed by atoms with Crippen molar-refractivity contribution in [2.24, 2.45) is 0 Å². The third-order valence-corrected chi connectivity index (χ3v) is 5.10. The zero-order valence-corrected chi connectivity index (χ0v) is 14.9. The second-order valence-corrected chi connectivity index (χ2v) is 6.66. The van der Waals surface area contributed by atoms with Crippen molar-refractivity contribution in [2.45, 2.75) is 38.5 Å². The Bertz CT molecular complexity index is 634. The molecule has 1 fully saturated rings. The van der Waals surface area contributed by atoms with Gasteiger partial charge in [-0.3, -0.25) is 14.5 Å². The number of nitrogens with zero attached hydrogens (tertiary/aromatic N) is 2. The van der Waals surface area contributed by atoms with Crippen LogP contribution < -0.4 is 0 Å². The number of benzene rings is 1. The number of rotatable bonds is 4. The van der Waals surface area contributed by atoms with E-state index in [1.165, 1.54) is 12.7 Å². The predicted molar refractivity (Wildman–Crippen MR) is 93.0 cm³/mol. The summed E-state index contributed by atoms with van der Waals surface area (Å²) in [7, 11) is 1.40. The fourth-order valence-electron chi connectivity index (χ4n) is 3.58. The molecular weight excluding hydrogens is 320 g/mol. The Labute approximate surface area is 148 Å². The van der Waals surface area contributed by atoms with E-state index in [4.69, 9.17) is 9.47 Å². The van der Waals surface area contributed by atoms with Crippen LogP contribution >= 0.6 is 0 Å². The van der Waals surface area contributed by atoms with Gasteiger partial charge in [0.25, 0.3) is 0 Å². The molecule has 0 spiro atoms. The predicted octanol–water partition coefficient (Wildman–Crippen LogP) is 1.22. The van der Waals surface area contributed by atoms with E-state index in [1.54, 1.807) is 0 Å². The summed E-state index contributed by atoms with van der Waals surface area (Å²) < 4.78 is 10.6. The first-order valence-electron chi connectivity index (χ1n) is 8.90. The fraction of sp³-hybridized carbons (Fsp3) is 0.579. The number of carbonyl (C=O) groups excluding carboxylic acids is 2. The molecule has 1 aromatic rings. The van der Waals surface area contributed by atoms with Crippen LogP contribution in [0.4, 0.5) is 0 Å².